The van der Waals surface area contributed by atoms with Crippen molar-refractivity contribution in [3.05, 3.63) is 12.2 Å². The minimum atomic E-state index is 0.491. The second-order valence-corrected chi connectivity index (χ2v) is 1.76. The van der Waals surface area contributed by atoms with Crippen LogP contribution in [0.25, 0.3) is 0 Å². The van der Waals surface area contributed by atoms with E-state index in [1.807, 2.05) is 19.9 Å². The highest BCUT2D eigenvalue weighted by Gasteiger charge is 1.78. The third kappa shape index (κ3) is 5.41. The molecule has 1 nitrogen and oxygen atoms in total. The second kappa shape index (κ2) is 3.59. The van der Waals surface area contributed by atoms with E-state index in [9.17, 15) is 4.79 Å². The lowest BCUT2D eigenvalue weighted by molar-refractivity contribution is -0.104. The summed E-state index contributed by atoms with van der Waals surface area (Å²) >= 11 is 0. The molecular weight excluding hydrogens is 88.1 g/mol. The number of hydrogen-bond acceptors (Lipinski definition) is 1. The third-order valence-corrected chi connectivity index (χ3v) is 0.575. The molecular formula is C6H10O. The zero-order valence-electron chi connectivity index (χ0n) is 4.72. The molecule has 0 spiro atoms. The topological polar surface area (TPSA) is 17.1 Å². The molecule has 1 heteroatoms. The van der Waals surface area contributed by atoms with Gasteiger partial charge >= 0.3 is 0 Å². The molecule has 0 aromatic rings. The highest BCUT2D eigenvalue weighted by molar-refractivity contribution is 5.64. The van der Waals surface area contributed by atoms with Crippen LogP contribution in [-0.4, -0.2) is 6.29 Å². The van der Waals surface area contributed by atoms with Gasteiger partial charge in [-0.25, -0.2) is 0 Å². The van der Waals surface area contributed by atoms with Crippen LogP contribution in [0.5, 0.6) is 0 Å². The molecule has 0 radical (unpaired) electrons. The molecule has 0 N–H and O–H groups in total. The summed E-state index contributed by atoms with van der Waals surface area (Å²) in [6, 6.07) is 0. The maximum atomic E-state index is 9.62. The monoisotopic (exact) mass is 98.1 g/mol. The summed E-state index contributed by atoms with van der Waals surface area (Å²) in [4.78, 5) is 9.62. The predicted octanol–water partition coefficient (Wildman–Crippen LogP) is 1.40. The molecule has 0 aromatic carbocycles. The molecule has 0 amide bonds. The number of allylic oxidation sites excluding steroid dienone is 2. The van der Waals surface area contributed by atoms with Gasteiger partial charge in [0.25, 0.3) is 0 Å². The van der Waals surface area contributed by atoms with Gasteiger partial charge < -0.3 is 0 Å². The first kappa shape index (κ1) is 6.41. The fourth-order valence-electron chi connectivity index (χ4n) is 0.268. The van der Waals surface area contributed by atoms with Gasteiger partial charge in [-0.2, -0.15) is 0 Å². The van der Waals surface area contributed by atoms with Crippen molar-refractivity contribution in [1.82, 2.24) is 0 Å². The van der Waals surface area contributed by atoms with Crippen LogP contribution in [0.3, 0.4) is 0 Å². The van der Waals surface area contributed by atoms with E-state index >= 15 is 0 Å². The zero-order chi connectivity index (χ0) is 5.70. The minimum Gasteiger partial charge on any atom is -0.299 e. The molecule has 0 aliphatic carbocycles. The average Bonchev–Trinajstić information content (AvgIpc) is 1.61. The Hall–Kier alpha value is -0.590. The number of hydrogen-bond donors (Lipinski definition) is 0. The van der Waals surface area contributed by atoms with E-state index in [2.05, 4.69) is 0 Å². The van der Waals surface area contributed by atoms with Crippen LogP contribution < -0.4 is 0 Å². The van der Waals surface area contributed by atoms with E-state index in [1.54, 1.807) is 0 Å². The Bertz CT molecular complexity index is 72.2. The summed E-state index contributed by atoms with van der Waals surface area (Å²) < 4.78 is 0. The van der Waals surface area contributed by atoms with Gasteiger partial charge in [0.1, 0.15) is 6.29 Å². The van der Waals surface area contributed by atoms with Crippen LogP contribution in [0.4, 0.5) is 0 Å². The third-order valence-electron chi connectivity index (χ3n) is 0.575. The predicted molar refractivity (Wildman–Crippen MR) is 30.0 cm³/mol. The maximum absolute atomic E-state index is 9.62. The van der Waals surface area contributed by atoms with Crippen LogP contribution >= 0.6 is 0 Å². The molecule has 0 bridgehead atoms. The van der Waals surface area contributed by atoms with Crippen molar-refractivity contribution in [2.75, 3.05) is 0 Å². The standard InChI is InChI=1S/C6H10O/c1-6(2)4-3-5-7/h3-6H,1-2H3/b4-3+. The van der Waals surface area contributed by atoms with Crippen LogP contribution in [0.1, 0.15) is 13.8 Å². The first-order valence-electron chi connectivity index (χ1n) is 2.39. The Balaban J connectivity index is 3.25. The minimum absolute atomic E-state index is 0.491. The van der Waals surface area contributed by atoms with E-state index in [1.165, 1.54) is 6.08 Å². The van der Waals surface area contributed by atoms with E-state index in [4.69, 9.17) is 0 Å². The van der Waals surface area contributed by atoms with Crippen LogP contribution in [-0.2, 0) is 4.79 Å². The largest absolute Gasteiger partial charge is 0.299 e. The van der Waals surface area contributed by atoms with E-state index in [0.29, 0.717) is 5.92 Å². The molecule has 0 saturated heterocycles. The van der Waals surface area contributed by atoms with Gasteiger partial charge in [-0.05, 0) is 12.0 Å². The van der Waals surface area contributed by atoms with Crippen molar-refractivity contribution in [1.29, 1.82) is 0 Å². The van der Waals surface area contributed by atoms with Gasteiger partial charge in [-0.1, -0.05) is 19.9 Å². The van der Waals surface area contributed by atoms with Gasteiger partial charge in [0.2, 0.25) is 0 Å². The molecule has 0 atom stereocenters. The van der Waals surface area contributed by atoms with Gasteiger partial charge in [0, 0.05) is 0 Å². The fraction of sp³-hybridized carbons (Fsp3) is 0.500. The average molecular weight is 98.1 g/mol. The van der Waals surface area contributed by atoms with Crippen molar-refractivity contribution < 1.29 is 4.79 Å². The zero-order valence-corrected chi connectivity index (χ0v) is 4.72. The van der Waals surface area contributed by atoms with Crippen LogP contribution in [0.15, 0.2) is 12.2 Å². The summed E-state index contributed by atoms with van der Waals surface area (Å²) in [5.74, 6) is 0.491. The Morgan fingerprint density at radius 2 is 2.00 bits per heavy atom. The lowest BCUT2D eigenvalue weighted by Crippen LogP contribution is -1.75. The van der Waals surface area contributed by atoms with Crippen molar-refractivity contribution in [3.63, 3.8) is 0 Å². The lowest BCUT2D eigenvalue weighted by Gasteiger charge is -1.86. The molecule has 0 unspecified atom stereocenters. The summed E-state index contributed by atoms with van der Waals surface area (Å²) in [5, 5.41) is 0. The molecule has 7 heavy (non-hydrogen) atoms. The molecule has 0 aliphatic heterocycles. The smallest absolute Gasteiger partial charge is 0.142 e. The van der Waals surface area contributed by atoms with E-state index in [0.717, 1.165) is 6.29 Å². The summed E-state index contributed by atoms with van der Waals surface area (Å²) in [6.07, 6.45) is 4.16. The highest BCUT2D eigenvalue weighted by atomic mass is 16.1. The number of carbonyl (C=O) groups is 1. The van der Waals surface area contributed by atoms with Crippen molar-refractivity contribution in [3.8, 4) is 0 Å². The quantitative estimate of drug-likeness (QED) is 0.377. The van der Waals surface area contributed by atoms with Crippen molar-refractivity contribution >= 4 is 6.29 Å². The molecule has 0 aromatic heterocycles. The summed E-state index contributed by atoms with van der Waals surface area (Å²) in [7, 11) is 0. The molecule has 0 fully saturated rings. The van der Waals surface area contributed by atoms with E-state index in [-0.39, 0.29) is 0 Å². The number of carbonyl (C=O) groups excluding carboxylic acids is 1. The van der Waals surface area contributed by atoms with Gasteiger partial charge in [0.15, 0.2) is 0 Å². The number of rotatable bonds is 2. The van der Waals surface area contributed by atoms with Gasteiger partial charge in [-0.3, -0.25) is 4.79 Å². The Labute approximate surface area is 44.0 Å². The molecule has 0 aliphatic rings. The lowest BCUT2D eigenvalue weighted by atomic mass is 10.2. The van der Waals surface area contributed by atoms with Crippen LogP contribution in [0, 0.1) is 5.92 Å². The highest BCUT2D eigenvalue weighted by Crippen LogP contribution is 1.90. The first-order valence-corrected chi connectivity index (χ1v) is 2.39. The fourth-order valence-corrected chi connectivity index (χ4v) is 0.268. The normalized spacial score (nSPS) is 10.7. The Kier molecular flexibility index (Phi) is 3.29. The van der Waals surface area contributed by atoms with Crippen LogP contribution in [0.2, 0.25) is 0 Å². The van der Waals surface area contributed by atoms with Gasteiger partial charge in [0.05, 0.1) is 0 Å². The Morgan fingerprint density at radius 3 is 2.14 bits per heavy atom. The van der Waals surface area contributed by atoms with Crippen molar-refractivity contribution in [2.24, 2.45) is 5.92 Å². The van der Waals surface area contributed by atoms with Gasteiger partial charge in [-0.15, -0.1) is 0 Å². The summed E-state index contributed by atoms with van der Waals surface area (Å²) in [6.45, 7) is 4.06. The molecule has 0 rings (SSSR count). The first-order chi connectivity index (χ1) is 3.27. The maximum Gasteiger partial charge on any atom is 0.142 e. The van der Waals surface area contributed by atoms with E-state index < -0.39 is 0 Å². The van der Waals surface area contributed by atoms with Crippen molar-refractivity contribution in [2.45, 2.75) is 13.8 Å². The Morgan fingerprint density at radius 1 is 1.43 bits per heavy atom. The number of aldehydes is 1. The second-order valence-electron chi connectivity index (χ2n) is 1.76. The molecule has 0 saturated carbocycles. The summed E-state index contributed by atoms with van der Waals surface area (Å²) in [5.41, 5.74) is 0. The molecule has 0 heterocycles. The molecule has 40 valence electrons. The SMILES string of the molecule is CC(C)/C=C/C=O.